The van der Waals surface area contributed by atoms with Gasteiger partial charge in [-0.1, -0.05) is 12.8 Å². The maximum absolute atomic E-state index is 8.95. The lowest BCUT2D eigenvalue weighted by Gasteiger charge is -2.31. The van der Waals surface area contributed by atoms with Gasteiger partial charge in [0.1, 0.15) is 0 Å². The Hall–Kier alpha value is -0.200. The zero-order valence-corrected chi connectivity index (χ0v) is 13.5. The van der Waals surface area contributed by atoms with E-state index in [1.165, 1.54) is 32.1 Å². The van der Waals surface area contributed by atoms with Crippen molar-refractivity contribution in [3.8, 4) is 0 Å². The Morgan fingerprint density at radius 3 is 2.48 bits per heavy atom. The molecule has 0 bridgehead atoms. The molecule has 0 aromatic carbocycles. The number of aliphatic hydroxyl groups is 2. The fourth-order valence-corrected chi connectivity index (χ4v) is 3.23. The van der Waals surface area contributed by atoms with Gasteiger partial charge in [-0.2, -0.15) is 0 Å². The highest BCUT2D eigenvalue weighted by atomic mass is 16.3. The highest BCUT2D eigenvalue weighted by Crippen LogP contribution is 2.24. The predicted octanol–water partition coefficient (Wildman–Crippen LogP) is 0.408. The van der Waals surface area contributed by atoms with Crippen LogP contribution in [0.5, 0.6) is 0 Å². The molecule has 1 atom stereocenters. The second kappa shape index (κ2) is 12.4. The standard InChI is InChI=1S/C16H35N3O2/c17-14-16(4-7-18-8-12-20)3-1-2-15-5-9-19(10-6-15)11-13-21/h15-16,18,20-21H,1-14,17H2. The van der Waals surface area contributed by atoms with E-state index in [-0.39, 0.29) is 13.2 Å². The number of nitrogens with one attached hydrogen (secondary N) is 1. The van der Waals surface area contributed by atoms with Gasteiger partial charge >= 0.3 is 0 Å². The van der Waals surface area contributed by atoms with Crippen molar-refractivity contribution in [2.45, 2.75) is 38.5 Å². The molecule has 1 aliphatic rings. The third-order valence-corrected chi connectivity index (χ3v) is 4.70. The Bertz CT molecular complexity index is 229. The van der Waals surface area contributed by atoms with E-state index in [2.05, 4.69) is 10.2 Å². The SMILES string of the molecule is NCC(CCCC1CCN(CCO)CC1)CCNCCO. The minimum absolute atomic E-state index is 0.211. The molecule has 21 heavy (non-hydrogen) atoms. The van der Waals surface area contributed by atoms with Crippen LogP contribution in [-0.4, -0.2) is 67.6 Å². The van der Waals surface area contributed by atoms with Gasteiger partial charge in [-0.15, -0.1) is 0 Å². The fourth-order valence-electron chi connectivity index (χ4n) is 3.23. The van der Waals surface area contributed by atoms with Crippen molar-refractivity contribution in [2.24, 2.45) is 17.6 Å². The number of piperidine rings is 1. The first-order valence-corrected chi connectivity index (χ1v) is 8.65. The van der Waals surface area contributed by atoms with Crippen LogP contribution in [0.1, 0.15) is 38.5 Å². The van der Waals surface area contributed by atoms with E-state index in [4.69, 9.17) is 15.9 Å². The number of aliphatic hydroxyl groups excluding tert-OH is 2. The molecule has 1 aliphatic heterocycles. The van der Waals surface area contributed by atoms with Crippen LogP contribution in [0.2, 0.25) is 0 Å². The monoisotopic (exact) mass is 301 g/mol. The van der Waals surface area contributed by atoms with E-state index in [0.717, 1.165) is 45.1 Å². The number of likely N-dealkylation sites (tertiary alicyclic amines) is 1. The van der Waals surface area contributed by atoms with Crippen LogP contribution >= 0.6 is 0 Å². The number of nitrogens with zero attached hydrogens (tertiary/aromatic N) is 1. The highest BCUT2D eigenvalue weighted by Gasteiger charge is 2.18. The molecule has 1 unspecified atom stereocenters. The van der Waals surface area contributed by atoms with E-state index >= 15 is 0 Å². The molecule has 0 amide bonds. The summed E-state index contributed by atoms with van der Waals surface area (Å²) in [6.45, 7) is 6.05. The largest absolute Gasteiger partial charge is 0.395 e. The number of hydrogen-bond acceptors (Lipinski definition) is 5. The second-order valence-corrected chi connectivity index (χ2v) is 6.30. The molecule has 1 saturated heterocycles. The minimum Gasteiger partial charge on any atom is -0.395 e. The molecule has 1 fully saturated rings. The van der Waals surface area contributed by atoms with Crippen LogP contribution in [0.25, 0.3) is 0 Å². The van der Waals surface area contributed by atoms with Gasteiger partial charge in [0.2, 0.25) is 0 Å². The van der Waals surface area contributed by atoms with Gasteiger partial charge < -0.3 is 26.2 Å². The zero-order valence-electron chi connectivity index (χ0n) is 13.5. The van der Waals surface area contributed by atoms with E-state index in [0.29, 0.717) is 12.5 Å². The molecule has 0 aromatic heterocycles. The van der Waals surface area contributed by atoms with Crippen molar-refractivity contribution in [1.82, 2.24) is 10.2 Å². The molecule has 0 aromatic rings. The molecule has 0 radical (unpaired) electrons. The fraction of sp³-hybridized carbons (Fsp3) is 1.00. The summed E-state index contributed by atoms with van der Waals surface area (Å²) >= 11 is 0. The van der Waals surface area contributed by atoms with Gasteiger partial charge in [0.25, 0.3) is 0 Å². The normalized spacial score (nSPS) is 19.0. The summed E-state index contributed by atoms with van der Waals surface area (Å²) in [6.07, 6.45) is 7.52. The van der Waals surface area contributed by atoms with Crippen molar-refractivity contribution >= 4 is 0 Å². The Balaban J connectivity index is 2.03. The quantitative estimate of drug-likeness (QED) is 0.393. The lowest BCUT2D eigenvalue weighted by Crippen LogP contribution is -2.35. The maximum atomic E-state index is 8.95. The van der Waals surface area contributed by atoms with Gasteiger partial charge in [-0.25, -0.2) is 0 Å². The first kappa shape index (κ1) is 18.8. The minimum atomic E-state index is 0.211. The second-order valence-electron chi connectivity index (χ2n) is 6.30. The Labute approximate surface area is 129 Å². The average Bonchev–Trinajstić information content (AvgIpc) is 2.51. The van der Waals surface area contributed by atoms with Crippen LogP contribution in [0, 0.1) is 11.8 Å². The topological polar surface area (TPSA) is 81.8 Å². The average molecular weight is 301 g/mol. The summed E-state index contributed by atoms with van der Waals surface area (Å²) in [7, 11) is 0. The van der Waals surface area contributed by atoms with Gasteiger partial charge in [0.15, 0.2) is 0 Å². The third-order valence-electron chi connectivity index (χ3n) is 4.70. The van der Waals surface area contributed by atoms with E-state index in [1.807, 2.05) is 0 Å². The third kappa shape index (κ3) is 8.73. The molecular formula is C16H35N3O2. The molecule has 1 rings (SSSR count). The van der Waals surface area contributed by atoms with E-state index in [9.17, 15) is 0 Å². The van der Waals surface area contributed by atoms with Crippen molar-refractivity contribution in [2.75, 3.05) is 52.5 Å². The number of β-amino-alcohol motifs (C(OH)–C–C–N with tert-alkyl or cyclic N) is 1. The van der Waals surface area contributed by atoms with Gasteiger partial charge in [-0.05, 0) is 63.7 Å². The Kier molecular flexibility index (Phi) is 11.1. The lowest BCUT2D eigenvalue weighted by atomic mass is 9.89. The van der Waals surface area contributed by atoms with Crippen LogP contribution in [0.15, 0.2) is 0 Å². The summed E-state index contributed by atoms with van der Waals surface area (Å²) in [5, 5.41) is 20.9. The lowest BCUT2D eigenvalue weighted by molar-refractivity contribution is 0.143. The summed E-state index contributed by atoms with van der Waals surface area (Å²) < 4.78 is 0. The number of rotatable bonds is 12. The summed E-state index contributed by atoms with van der Waals surface area (Å²) in [5.41, 5.74) is 5.85. The maximum Gasteiger partial charge on any atom is 0.0558 e. The summed E-state index contributed by atoms with van der Waals surface area (Å²) in [4.78, 5) is 2.37. The summed E-state index contributed by atoms with van der Waals surface area (Å²) in [6, 6.07) is 0. The molecule has 5 N–H and O–H groups in total. The van der Waals surface area contributed by atoms with Crippen LogP contribution < -0.4 is 11.1 Å². The van der Waals surface area contributed by atoms with Crippen molar-refractivity contribution in [3.63, 3.8) is 0 Å². The molecule has 126 valence electrons. The van der Waals surface area contributed by atoms with Gasteiger partial charge in [-0.3, -0.25) is 0 Å². The van der Waals surface area contributed by atoms with Crippen molar-refractivity contribution in [1.29, 1.82) is 0 Å². The molecule has 0 aliphatic carbocycles. The molecule has 5 heteroatoms. The molecule has 5 nitrogen and oxygen atoms in total. The highest BCUT2D eigenvalue weighted by molar-refractivity contribution is 4.73. The van der Waals surface area contributed by atoms with Crippen LogP contribution in [-0.2, 0) is 0 Å². The van der Waals surface area contributed by atoms with E-state index < -0.39 is 0 Å². The smallest absolute Gasteiger partial charge is 0.0558 e. The van der Waals surface area contributed by atoms with Crippen molar-refractivity contribution in [3.05, 3.63) is 0 Å². The summed E-state index contributed by atoms with van der Waals surface area (Å²) in [5.74, 6) is 1.48. The zero-order chi connectivity index (χ0) is 15.3. The molecule has 0 spiro atoms. The first-order valence-electron chi connectivity index (χ1n) is 8.65. The van der Waals surface area contributed by atoms with Crippen LogP contribution in [0.4, 0.5) is 0 Å². The molecule has 1 heterocycles. The van der Waals surface area contributed by atoms with Crippen molar-refractivity contribution < 1.29 is 10.2 Å². The van der Waals surface area contributed by atoms with Gasteiger partial charge in [0.05, 0.1) is 13.2 Å². The predicted molar refractivity (Wildman–Crippen MR) is 87.2 cm³/mol. The Morgan fingerprint density at radius 2 is 1.86 bits per heavy atom. The number of hydrogen-bond donors (Lipinski definition) is 4. The molecule has 0 saturated carbocycles. The first-order chi connectivity index (χ1) is 10.3. The number of nitrogens with two attached hydrogens (primary N) is 1. The van der Waals surface area contributed by atoms with E-state index in [1.54, 1.807) is 0 Å². The Morgan fingerprint density at radius 1 is 1.10 bits per heavy atom. The molecular weight excluding hydrogens is 266 g/mol. The van der Waals surface area contributed by atoms with Gasteiger partial charge in [0, 0.05) is 13.1 Å². The van der Waals surface area contributed by atoms with Crippen LogP contribution in [0.3, 0.4) is 0 Å².